The molecule has 1 atom stereocenters. The van der Waals surface area contributed by atoms with Crippen LogP contribution in [-0.2, 0) is 7.05 Å². The number of carbonyl (C=O) groups is 1. The number of rotatable bonds is 4. The molecular formula is C16H20N6O3. The normalized spacial score (nSPS) is 16.9. The van der Waals surface area contributed by atoms with Gasteiger partial charge in [0.2, 0.25) is 0 Å². The summed E-state index contributed by atoms with van der Waals surface area (Å²) >= 11 is 0. The number of nitrogens with one attached hydrogen (secondary N) is 2. The van der Waals surface area contributed by atoms with E-state index in [-0.39, 0.29) is 17.0 Å². The molecule has 1 unspecified atom stereocenters. The highest BCUT2D eigenvalue weighted by Crippen LogP contribution is 2.21. The molecule has 9 nitrogen and oxygen atoms in total. The number of carbonyl (C=O) groups excluding carboxylic acids is 1. The molecule has 0 saturated carbocycles. The standard InChI is InChI=1S/C16H20N6O3/c1-10-17-8-13(16(25)20-10)15(24)18-6-11-3-4-22(9-11)12-5-14(23)21(2)19-7-12/h5,7-8,11H,3-4,6,9H2,1-2H3,(H,18,24)(H,17,20,25). The van der Waals surface area contributed by atoms with Gasteiger partial charge in [-0.1, -0.05) is 0 Å². The number of H-pyrrole nitrogens is 1. The first kappa shape index (κ1) is 16.9. The van der Waals surface area contributed by atoms with Crippen LogP contribution >= 0.6 is 0 Å². The van der Waals surface area contributed by atoms with Gasteiger partial charge >= 0.3 is 0 Å². The highest BCUT2D eigenvalue weighted by Gasteiger charge is 2.24. The van der Waals surface area contributed by atoms with E-state index in [9.17, 15) is 14.4 Å². The Balaban J connectivity index is 1.58. The van der Waals surface area contributed by atoms with Gasteiger partial charge in [-0.2, -0.15) is 5.10 Å². The van der Waals surface area contributed by atoms with E-state index < -0.39 is 11.5 Å². The molecule has 0 spiro atoms. The summed E-state index contributed by atoms with van der Waals surface area (Å²) in [5, 5.41) is 6.81. The van der Waals surface area contributed by atoms with E-state index in [1.54, 1.807) is 26.2 Å². The van der Waals surface area contributed by atoms with Gasteiger partial charge in [0.1, 0.15) is 11.4 Å². The van der Waals surface area contributed by atoms with Gasteiger partial charge in [-0.25, -0.2) is 9.67 Å². The molecular weight excluding hydrogens is 324 g/mol. The fourth-order valence-electron chi connectivity index (χ4n) is 2.84. The smallest absolute Gasteiger partial charge is 0.268 e. The van der Waals surface area contributed by atoms with Gasteiger partial charge in [0.15, 0.2) is 0 Å². The monoisotopic (exact) mass is 344 g/mol. The first-order chi connectivity index (χ1) is 11.9. The molecule has 2 N–H and O–H groups in total. The van der Waals surface area contributed by atoms with Crippen LogP contribution in [-0.4, -0.2) is 45.3 Å². The number of hydrogen-bond donors (Lipinski definition) is 2. The van der Waals surface area contributed by atoms with Crippen molar-refractivity contribution in [3.05, 3.63) is 50.6 Å². The summed E-state index contributed by atoms with van der Waals surface area (Å²) in [6, 6.07) is 1.56. The van der Waals surface area contributed by atoms with E-state index in [1.165, 1.54) is 10.9 Å². The minimum absolute atomic E-state index is 0.0104. The number of aromatic nitrogens is 4. The second-order valence-corrected chi connectivity index (χ2v) is 6.20. The average molecular weight is 344 g/mol. The summed E-state index contributed by atoms with van der Waals surface area (Å²) in [5.41, 5.74) is 0.205. The second kappa shape index (κ2) is 6.88. The largest absolute Gasteiger partial charge is 0.370 e. The zero-order valence-electron chi connectivity index (χ0n) is 14.2. The van der Waals surface area contributed by atoms with Crippen LogP contribution in [0.15, 0.2) is 28.0 Å². The van der Waals surface area contributed by atoms with Gasteiger partial charge in [-0.15, -0.1) is 0 Å². The van der Waals surface area contributed by atoms with Gasteiger partial charge < -0.3 is 15.2 Å². The van der Waals surface area contributed by atoms with Crippen LogP contribution in [0.5, 0.6) is 0 Å². The van der Waals surface area contributed by atoms with Crippen LogP contribution in [0.1, 0.15) is 22.6 Å². The zero-order chi connectivity index (χ0) is 18.0. The lowest BCUT2D eigenvalue weighted by Gasteiger charge is -2.18. The Bertz CT molecular complexity index is 903. The Morgan fingerprint density at radius 3 is 2.92 bits per heavy atom. The lowest BCUT2D eigenvalue weighted by molar-refractivity contribution is 0.0946. The molecule has 1 amide bonds. The van der Waals surface area contributed by atoms with E-state index in [0.29, 0.717) is 12.4 Å². The Hall–Kier alpha value is -2.97. The highest BCUT2D eigenvalue weighted by molar-refractivity contribution is 5.93. The van der Waals surface area contributed by atoms with Crippen molar-refractivity contribution in [2.45, 2.75) is 13.3 Å². The summed E-state index contributed by atoms with van der Waals surface area (Å²) in [6.45, 7) is 3.63. The number of aryl methyl sites for hydroxylation is 2. The number of anilines is 1. The van der Waals surface area contributed by atoms with Gasteiger partial charge in [0, 0.05) is 38.9 Å². The van der Waals surface area contributed by atoms with E-state index in [4.69, 9.17) is 0 Å². The molecule has 9 heteroatoms. The average Bonchev–Trinajstić information content (AvgIpc) is 3.04. The third-order valence-corrected chi connectivity index (χ3v) is 4.33. The maximum absolute atomic E-state index is 12.1. The molecule has 2 aromatic heterocycles. The number of nitrogens with zero attached hydrogens (tertiary/aromatic N) is 4. The number of amides is 1. The summed E-state index contributed by atoms with van der Waals surface area (Å²) in [4.78, 5) is 44.1. The van der Waals surface area contributed by atoms with Crippen molar-refractivity contribution in [2.75, 3.05) is 24.5 Å². The first-order valence-corrected chi connectivity index (χ1v) is 8.06. The highest BCUT2D eigenvalue weighted by atomic mass is 16.2. The van der Waals surface area contributed by atoms with E-state index in [0.717, 1.165) is 25.2 Å². The topological polar surface area (TPSA) is 113 Å². The van der Waals surface area contributed by atoms with Crippen molar-refractivity contribution in [1.82, 2.24) is 25.1 Å². The second-order valence-electron chi connectivity index (χ2n) is 6.20. The Morgan fingerprint density at radius 1 is 1.40 bits per heavy atom. The fraction of sp³-hybridized carbons (Fsp3) is 0.438. The first-order valence-electron chi connectivity index (χ1n) is 8.06. The van der Waals surface area contributed by atoms with Gasteiger partial charge in [0.05, 0.1) is 11.9 Å². The van der Waals surface area contributed by atoms with Crippen molar-refractivity contribution in [1.29, 1.82) is 0 Å². The van der Waals surface area contributed by atoms with E-state index in [1.807, 2.05) is 0 Å². The van der Waals surface area contributed by atoms with Crippen molar-refractivity contribution >= 4 is 11.6 Å². The van der Waals surface area contributed by atoms with Gasteiger partial charge in [-0.05, 0) is 19.3 Å². The van der Waals surface area contributed by atoms with Crippen LogP contribution in [0.3, 0.4) is 0 Å². The van der Waals surface area contributed by atoms with Crippen molar-refractivity contribution < 1.29 is 4.79 Å². The molecule has 1 fully saturated rings. The third-order valence-electron chi connectivity index (χ3n) is 4.33. The zero-order valence-corrected chi connectivity index (χ0v) is 14.2. The molecule has 0 aromatic carbocycles. The lowest BCUT2D eigenvalue weighted by atomic mass is 10.1. The van der Waals surface area contributed by atoms with Crippen LogP contribution in [0.25, 0.3) is 0 Å². The molecule has 0 bridgehead atoms. The number of aromatic amines is 1. The predicted octanol–water partition coefficient (Wildman–Crippen LogP) is -0.572. The minimum atomic E-state index is -0.441. The Labute approximate surface area is 143 Å². The Morgan fingerprint density at radius 2 is 2.20 bits per heavy atom. The van der Waals surface area contributed by atoms with E-state index in [2.05, 4.69) is 25.3 Å². The molecule has 1 saturated heterocycles. The van der Waals surface area contributed by atoms with Crippen LogP contribution in [0.2, 0.25) is 0 Å². The number of hydrogen-bond acceptors (Lipinski definition) is 6. The molecule has 2 aromatic rings. The van der Waals surface area contributed by atoms with E-state index >= 15 is 0 Å². The van der Waals surface area contributed by atoms with Crippen molar-refractivity contribution in [3.8, 4) is 0 Å². The summed E-state index contributed by atoms with van der Waals surface area (Å²) in [6.07, 6.45) is 3.84. The minimum Gasteiger partial charge on any atom is -0.370 e. The maximum Gasteiger partial charge on any atom is 0.268 e. The molecule has 1 aliphatic rings. The predicted molar refractivity (Wildman–Crippen MR) is 91.7 cm³/mol. The molecule has 0 radical (unpaired) electrons. The SMILES string of the molecule is Cc1ncc(C(=O)NCC2CCN(c3cnn(C)c(=O)c3)C2)c(=O)[nH]1. The molecule has 25 heavy (non-hydrogen) atoms. The molecule has 0 aliphatic carbocycles. The summed E-state index contributed by atoms with van der Waals surface area (Å²) < 4.78 is 1.28. The quantitative estimate of drug-likeness (QED) is 0.768. The summed E-state index contributed by atoms with van der Waals surface area (Å²) in [7, 11) is 1.61. The Kier molecular flexibility index (Phi) is 4.64. The lowest BCUT2D eigenvalue weighted by Crippen LogP contribution is -2.34. The van der Waals surface area contributed by atoms with Crippen LogP contribution in [0.4, 0.5) is 5.69 Å². The summed E-state index contributed by atoms with van der Waals surface area (Å²) in [5.74, 6) is 0.281. The fourth-order valence-corrected chi connectivity index (χ4v) is 2.84. The molecule has 132 valence electrons. The molecule has 3 rings (SSSR count). The maximum atomic E-state index is 12.1. The van der Waals surface area contributed by atoms with Crippen LogP contribution < -0.4 is 21.3 Å². The van der Waals surface area contributed by atoms with Crippen molar-refractivity contribution in [2.24, 2.45) is 13.0 Å². The molecule has 3 heterocycles. The van der Waals surface area contributed by atoms with Crippen LogP contribution in [0, 0.1) is 12.8 Å². The van der Waals surface area contributed by atoms with Crippen molar-refractivity contribution in [3.63, 3.8) is 0 Å². The molecule has 1 aliphatic heterocycles. The third kappa shape index (κ3) is 3.76. The van der Waals surface area contributed by atoms with Gasteiger partial charge in [-0.3, -0.25) is 14.4 Å². The van der Waals surface area contributed by atoms with Gasteiger partial charge in [0.25, 0.3) is 17.0 Å².